The first-order valence-corrected chi connectivity index (χ1v) is 5.79. The van der Waals surface area contributed by atoms with Gasteiger partial charge in [0, 0.05) is 6.54 Å². The second kappa shape index (κ2) is 6.62. The topological polar surface area (TPSA) is 38.3 Å². The first-order valence-electron chi connectivity index (χ1n) is 5.79. The van der Waals surface area contributed by atoms with E-state index < -0.39 is 0 Å². The molecule has 4 heteroatoms. The van der Waals surface area contributed by atoms with Crippen LogP contribution in [0.15, 0.2) is 24.3 Å². The van der Waals surface area contributed by atoms with Gasteiger partial charge in [0.2, 0.25) is 0 Å². The van der Waals surface area contributed by atoms with Gasteiger partial charge >= 0.3 is 5.97 Å². The van der Waals surface area contributed by atoms with Crippen LogP contribution in [-0.2, 0) is 4.74 Å². The molecule has 1 aliphatic heterocycles. The van der Waals surface area contributed by atoms with Gasteiger partial charge in [0.05, 0.1) is 12.2 Å². The molecule has 1 aliphatic rings. The summed E-state index contributed by atoms with van der Waals surface area (Å²) in [6.07, 6.45) is 1.09. The maximum Gasteiger partial charge on any atom is 0.338 e. The van der Waals surface area contributed by atoms with Crippen molar-refractivity contribution >= 4 is 18.4 Å². The molecule has 1 N–H and O–H groups in total. The lowest BCUT2D eigenvalue weighted by molar-refractivity contribution is 0.0524. The average Bonchev–Trinajstić information content (AvgIpc) is 2.83. The minimum atomic E-state index is -0.204. The molecule has 2 rings (SSSR count). The van der Waals surface area contributed by atoms with E-state index in [0.717, 1.165) is 30.6 Å². The van der Waals surface area contributed by atoms with Gasteiger partial charge in [-0.3, -0.25) is 0 Å². The normalized spacial score (nSPS) is 18.5. The van der Waals surface area contributed by atoms with E-state index in [2.05, 4.69) is 5.32 Å². The van der Waals surface area contributed by atoms with Crippen molar-refractivity contribution in [2.75, 3.05) is 19.7 Å². The number of hydrogen-bond donors (Lipinski definition) is 1. The van der Waals surface area contributed by atoms with Crippen molar-refractivity contribution in [1.82, 2.24) is 5.32 Å². The molecule has 94 valence electrons. The molecular formula is C13H18ClNO2. The van der Waals surface area contributed by atoms with Gasteiger partial charge in [0.25, 0.3) is 0 Å². The number of carbonyl (C=O) groups excluding carboxylic acids is 1. The van der Waals surface area contributed by atoms with Crippen molar-refractivity contribution in [1.29, 1.82) is 0 Å². The predicted molar refractivity (Wildman–Crippen MR) is 69.9 cm³/mol. The SMILES string of the molecule is CCOC(=O)c1ccccc1C1CCNC1.Cl. The van der Waals surface area contributed by atoms with Crippen LogP contribution >= 0.6 is 12.4 Å². The van der Waals surface area contributed by atoms with Crippen LogP contribution in [0.2, 0.25) is 0 Å². The highest BCUT2D eigenvalue weighted by molar-refractivity contribution is 5.91. The molecule has 0 radical (unpaired) electrons. The molecule has 3 nitrogen and oxygen atoms in total. The minimum Gasteiger partial charge on any atom is -0.462 e. The van der Waals surface area contributed by atoms with Gasteiger partial charge in [-0.15, -0.1) is 12.4 Å². The Morgan fingerprint density at radius 3 is 2.88 bits per heavy atom. The Hall–Kier alpha value is -1.06. The van der Waals surface area contributed by atoms with Gasteiger partial charge in [-0.2, -0.15) is 0 Å². The Bertz CT molecular complexity index is 375. The summed E-state index contributed by atoms with van der Waals surface area (Å²) in [5.74, 6) is 0.241. The van der Waals surface area contributed by atoms with E-state index in [-0.39, 0.29) is 18.4 Å². The van der Waals surface area contributed by atoms with Crippen LogP contribution < -0.4 is 5.32 Å². The number of rotatable bonds is 3. The van der Waals surface area contributed by atoms with Gasteiger partial charge in [0.1, 0.15) is 0 Å². The molecule has 1 unspecified atom stereocenters. The molecule has 0 spiro atoms. The number of benzene rings is 1. The number of nitrogens with one attached hydrogen (secondary N) is 1. The minimum absolute atomic E-state index is 0. The molecule has 0 amide bonds. The number of ether oxygens (including phenoxy) is 1. The van der Waals surface area contributed by atoms with E-state index >= 15 is 0 Å². The fraction of sp³-hybridized carbons (Fsp3) is 0.462. The van der Waals surface area contributed by atoms with E-state index in [1.165, 1.54) is 0 Å². The fourth-order valence-electron chi connectivity index (χ4n) is 2.17. The average molecular weight is 256 g/mol. The van der Waals surface area contributed by atoms with Gasteiger partial charge in [0.15, 0.2) is 0 Å². The zero-order valence-corrected chi connectivity index (χ0v) is 10.8. The van der Waals surface area contributed by atoms with Crippen LogP contribution in [0.3, 0.4) is 0 Å². The smallest absolute Gasteiger partial charge is 0.338 e. The zero-order valence-electron chi connectivity index (χ0n) is 9.94. The number of halogens is 1. The lowest BCUT2D eigenvalue weighted by Crippen LogP contribution is -2.13. The van der Waals surface area contributed by atoms with E-state index in [4.69, 9.17) is 4.74 Å². The van der Waals surface area contributed by atoms with E-state index in [1.807, 2.05) is 31.2 Å². The summed E-state index contributed by atoms with van der Waals surface area (Å²) in [4.78, 5) is 11.8. The van der Waals surface area contributed by atoms with Crippen LogP contribution in [0.1, 0.15) is 35.2 Å². The molecule has 1 heterocycles. The predicted octanol–water partition coefficient (Wildman–Crippen LogP) is 2.36. The van der Waals surface area contributed by atoms with Crippen LogP contribution in [0.25, 0.3) is 0 Å². The maximum atomic E-state index is 11.8. The van der Waals surface area contributed by atoms with Gasteiger partial charge in [-0.05, 0) is 37.4 Å². The molecule has 1 fully saturated rings. The summed E-state index contributed by atoms with van der Waals surface area (Å²) < 4.78 is 5.07. The quantitative estimate of drug-likeness (QED) is 0.843. The zero-order chi connectivity index (χ0) is 11.4. The first-order chi connectivity index (χ1) is 7.83. The maximum absolute atomic E-state index is 11.8. The van der Waals surface area contributed by atoms with Crippen LogP contribution in [-0.4, -0.2) is 25.7 Å². The molecule has 1 aromatic carbocycles. The van der Waals surface area contributed by atoms with Crippen molar-refractivity contribution in [2.24, 2.45) is 0 Å². The van der Waals surface area contributed by atoms with Crippen LogP contribution in [0.4, 0.5) is 0 Å². The van der Waals surface area contributed by atoms with Crippen molar-refractivity contribution in [3.8, 4) is 0 Å². The second-order valence-corrected chi connectivity index (χ2v) is 4.00. The molecule has 17 heavy (non-hydrogen) atoms. The summed E-state index contributed by atoms with van der Waals surface area (Å²) >= 11 is 0. The summed E-state index contributed by atoms with van der Waals surface area (Å²) in [6, 6.07) is 7.75. The Balaban J connectivity index is 0.00000144. The van der Waals surface area contributed by atoms with Crippen molar-refractivity contribution in [2.45, 2.75) is 19.3 Å². The lowest BCUT2D eigenvalue weighted by Gasteiger charge is -2.13. The standard InChI is InChI=1S/C13H17NO2.ClH/c1-2-16-13(15)12-6-4-3-5-11(12)10-7-8-14-9-10;/h3-6,10,14H,2,7-9H2,1H3;1H. The number of esters is 1. The highest BCUT2D eigenvalue weighted by Gasteiger charge is 2.22. The third-order valence-corrected chi connectivity index (χ3v) is 2.96. The van der Waals surface area contributed by atoms with E-state index in [9.17, 15) is 4.79 Å². The molecule has 0 aromatic heterocycles. The summed E-state index contributed by atoms with van der Waals surface area (Å²) in [5.41, 5.74) is 1.84. The highest BCUT2D eigenvalue weighted by atomic mass is 35.5. The monoisotopic (exact) mass is 255 g/mol. The van der Waals surface area contributed by atoms with Gasteiger partial charge in [-0.25, -0.2) is 4.79 Å². The Labute approximate surface area is 108 Å². The van der Waals surface area contributed by atoms with Crippen LogP contribution in [0, 0.1) is 0 Å². The van der Waals surface area contributed by atoms with Crippen molar-refractivity contribution < 1.29 is 9.53 Å². The highest BCUT2D eigenvalue weighted by Crippen LogP contribution is 2.25. The first kappa shape index (κ1) is 14.0. The Kier molecular flexibility index (Phi) is 5.45. The van der Waals surface area contributed by atoms with Gasteiger partial charge < -0.3 is 10.1 Å². The summed E-state index contributed by atoms with van der Waals surface area (Å²) in [7, 11) is 0. The lowest BCUT2D eigenvalue weighted by atomic mass is 9.93. The van der Waals surface area contributed by atoms with Gasteiger partial charge in [-0.1, -0.05) is 18.2 Å². The molecule has 0 saturated carbocycles. The van der Waals surface area contributed by atoms with E-state index in [0.29, 0.717) is 12.5 Å². The molecule has 1 atom stereocenters. The van der Waals surface area contributed by atoms with Crippen molar-refractivity contribution in [3.05, 3.63) is 35.4 Å². The van der Waals surface area contributed by atoms with Crippen LogP contribution in [0.5, 0.6) is 0 Å². The molecule has 0 bridgehead atoms. The number of hydrogen-bond acceptors (Lipinski definition) is 3. The third-order valence-electron chi connectivity index (χ3n) is 2.96. The fourth-order valence-corrected chi connectivity index (χ4v) is 2.17. The summed E-state index contributed by atoms with van der Waals surface area (Å²) in [5, 5.41) is 3.32. The molecule has 1 aromatic rings. The third kappa shape index (κ3) is 3.20. The van der Waals surface area contributed by atoms with Crippen molar-refractivity contribution in [3.63, 3.8) is 0 Å². The Morgan fingerprint density at radius 1 is 1.47 bits per heavy atom. The second-order valence-electron chi connectivity index (χ2n) is 4.00. The molecule has 1 saturated heterocycles. The molecular weight excluding hydrogens is 238 g/mol. The van der Waals surface area contributed by atoms with E-state index in [1.54, 1.807) is 0 Å². The largest absolute Gasteiger partial charge is 0.462 e. The number of carbonyl (C=O) groups is 1. The summed E-state index contributed by atoms with van der Waals surface area (Å²) in [6.45, 7) is 4.24. The molecule has 0 aliphatic carbocycles. The Morgan fingerprint density at radius 2 is 2.24 bits per heavy atom.